The summed E-state index contributed by atoms with van der Waals surface area (Å²) in [5.41, 5.74) is 4.75. The number of carbonyl (C=O) groups is 1. The van der Waals surface area contributed by atoms with Gasteiger partial charge in [-0.05, 0) is 30.5 Å². The number of amides is 1. The second kappa shape index (κ2) is 4.72. The number of carbonyl (C=O) groups excluding carboxylic acids is 1. The van der Waals surface area contributed by atoms with E-state index in [0.717, 1.165) is 11.3 Å². The molecule has 116 valence electrons. The fourth-order valence-electron chi connectivity index (χ4n) is 3.97. The summed E-state index contributed by atoms with van der Waals surface area (Å²) >= 11 is 0. The van der Waals surface area contributed by atoms with Crippen molar-refractivity contribution in [3.05, 3.63) is 47.3 Å². The largest absolute Gasteiger partial charge is 0.361 e. The minimum atomic E-state index is 0.0432. The first-order chi connectivity index (χ1) is 11.3. The van der Waals surface area contributed by atoms with E-state index in [4.69, 9.17) is 0 Å². The third kappa shape index (κ3) is 1.86. The predicted molar refractivity (Wildman–Crippen MR) is 88.6 cm³/mol. The molecule has 1 saturated carbocycles. The van der Waals surface area contributed by atoms with E-state index in [9.17, 15) is 4.79 Å². The average molecular weight is 306 g/mol. The molecule has 0 bridgehead atoms. The Morgan fingerprint density at radius 3 is 2.91 bits per heavy atom. The summed E-state index contributed by atoms with van der Waals surface area (Å²) in [5, 5.41) is 11.7. The van der Waals surface area contributed by atoms with Crippen LogP contribution in [0, 0.1) is 0 Å². The first kappa shape index (κ1) is 12.9. The number of hydrogen-bond donors (Lipinski definition) is 3. The van der Waals surface area contributed by atoms with Gasteiger partial charge in [0.1, 0.15) is 0 Å². The highest BCUT2D eigenvalue weighted by Crippen LogP contribution is 2.46. The molecular formula is C18H18N4O. The molecule has 3 N–H and O–H groups in total. The zero-order valence-electron chi connectivity index (χ0n) is 12.7. The molecule has 5 nitrogen and oxygen atoms in total. The highest BCUT2D eigenvalue weighted by Gasteiger charge is 2.35. The Balaban J connectivity index is 1.70. The zero-order valence-corrected chi connectivity index (χ0v) is 12.7. The molecule has 1 amide bonds. The van der Waals surface area contributed by atoms with Gasteiger partial charge in [-0.15, -0.1) is 0 Å². The number of aromatic nitrogens is 3. The van der Waals surface area contributed by atoms with Crippen LogP contribution in [0.2, 0.25) is 0 Å². The van der Waals surface area contributed by atoms with E-state index in [-0.39, 0.29) is 11.8 Å². The molecule has 5 rings (SSSR count). The number of H-pyrrole nitrogens is 2. The van der Waals surface area contributed by atoms with E-state index in [2.05, 4.69) is 44.8 Å². The van der Waals surface area contributed by atoms with E-state index >= 15 is 0 Å². The SMILES string of the molecule is O=C1C[C@H](c2cccc3[nH]ccc23)c2c(n[nH]c2C2CCC2)N1. The molecule has 1 aliphatic heterocycles. The number of nitrogens with one attached hydrogen (secondary N) is 3. The van der Waals surface area contributed by atoms with Gasteiger partial charge < -0.3 is 10.3 Å². The molecule has 1 fully saturated rings. The van der Waals surface area contributed by atoms with Crippen LogP contribution in [0.5, 0.6) is 0 Å². The van der Waals surface area contributed by atoms with Crippen LogP contribution >= 0.6 is 0 Å². The van der Waals surface area contributed by atoms with Crippen molar-refractivity contribution >= 4 is 22.6 Å². The number of aromatic amines is 2. The van der Waals surface area contributed by atoms with Gasteiger partial charge in [-0.2, -0.15) is 5.10 Å². The molecule has 5 heteroatoms. The molecule has 2 aromatic heterocycles. The topological polar surface area (TPSA) is 73.6 Å². The molecule has 1 aromatic carbocycles. The fraction of sp³-hybridized carbons (Fsp3) is 0.333. The van der Waals surface area contributed by atoms with E-state index in [1.54, 1.807) is 0 Å². The third-order valence-corrected chi connectivity index (χ3v) is 5.35. The molecule has 0 unspecified atom stereocenters. The van der Waals surface area contributed by atoms with Crippen LogP contribution in [0.15, 0.2) is 30.5 Å². The molecule has 1 aliphatic carbocycles. The van der Waals surface area contributed by atoms with Gasteiger partial charge in [0.15, 0.2) is 5.82 Å². The van der Waals surface area contributed by atoms with Crippen LogP contribution in [0.25, 0.3) is 10.9 Å². The van der Waals surface area contributed by atoms with Gasteiger partial charge in [0, 0.05) is 46.6 Å². The van der Waals surface area contributed by atoms with Gasteiger partial charge in [0.25, 0.3) is 0 Å². The summed E-state index contributed by atoms with van der Waals surface area (Å²) in [4.78, 5) is 15.4. The summed E-state index contributed by atoms with van der Waals surface area (Å²) in [5.74, 6) is 1.41. The van der Waals surface area contributed by atoms with E-state index < -0.39 is 0 Å². The van der Waals surface area contributed by atoms with Crippen LogP contribution in [0.3, 0.4) is 0 Å². The van der Waals surface area contributed by atoms with E-state index in [1.807, 2.05) is 6.20 Å². The standard InChI is InChI=1S/C18H18N4O/c23-15-9-13(11-5-2-6-14-12(11)7-8-19-14)16-17(10-3-1-4-10)21-22-18(16)20-15/h2,5-8,10,13,19H,1,3-4,9H2,(H2,20,21,22,23)/t13-/m1/s1. The number of rotatable bonds is 2. The van der Waals surface area contributed by atoms with Crippen LogP contribution < -0.4 is 5.32 Å². The van der Waals surface area contributed by atoms with Gasteiger partial charge in [0.2, 0.25) is 5.91 Å². The van der Waals surface area contributed by atoms with Crippen molar-refractivity contribution in [3.63, 3.8) is 0 Å². The average Bonchev–Trinajstić information content (AvgIpc) is 3.11. The fourth-order valence-corrected chi connectivity index (χ4v) is 3.97. The highest BCUT2D eigenvalue weighted by molar-refractivity contribution is 5.96. The quantitative estimate of drug-likeness (QED) is 0.676. The van der Waals surface area contributed by atoms with Crippen molar-refractivity contribution in [2.45, 2.75) is 37.5 Å². The van der Waals surface area contributed by atoms with Crippen LogP contribution in [-0.4, -0.2) is 21.1 Å². The Bertz CT molecular complexity index is 903. The summed E-state index contributed by atoms with van der Waals surface area (Å²) in [6, 6.07) is 8.37. The number of fused-ring (bicyclic) bond motifs is 2. The van der Waals surface area contributed by atoms with Gasteiger partial charge >= 0.3 is 0 Å². The lowest BCUT2D eigenvalue weighted by molar-refractivity contribution is -0.116. The Kier molecular flexibility index (Phi) is 2.65. The number of hydrogen-bond acceptors (Lipinski definition) is 2. The predicted octanol–water partition coefficient (Wildman–Crippen LogP) is 3.63. The molecule has 0 saturated heterocycles. The maximum absolute atomic E-state index is 12.2. The maximum atomic E-state index is 12.2. The first-order valence-electron chi connectivity index (χ1n) is 8.25. The van der Waals surface area contributed by atoms with Crippen molar-refractivity contribution in [1.82, 2.24) is 15.2 Å². The second-order valence-electron chi connectivity index (χ2n) is 6.62. The second-order valence-corrected chi connectivity index (χ2v) is 6.62. The van der Waals surface area contributed by atoms with Gasteiger partial charge in [-0.1, -0.05) is 18.6 Å². The summed E-state index contributed by atoms with van der Waals surface area (Å²) in [7, 11) is 0. The maximum Gasteiger partial charge on any atom is 0.226 e. The molecular weight excluding hydrogens is 288 g/mol. The lowest BCUT2D eigenvalue weighted by Crippen LogP contribution is -2.24. The van der Waals surface area contributed by atoms with Crippen LogP contribution in [0.1, 0.15) is 54.3 Å². The van der Waals surface area contributed by atoms with Crippen molar-refractivity contribution in [2.24, 2.45) is 0 Å². The highest BCUT2D eigenvalue weighted by atomic mass is 16.1. The lowest BCUT2D eigenvalue weighted by atomic mass is 9.76. The normalized spacial score (nSPS) is 21.0. The molecule has 0 radical (unpaired) electrons. The van der Waals surface area contributed by atoms with Crippen molar-refractivity contribution < 1.29 is 4.79 Å². The van der Waals surface area contributed by atoms with Gasteiger partial charge in [-0.3, -0.25) is 9.89 Å². The summed E-state index contributed by atoms with van der Waals surface area (Å²) in [6.07, 6.45) is 6.15. The third-order valence-electron chi connectivity index (χ3n) is 5.35. The molecule has 0 spiro atoms. The Morgan fingerprint density at radius 1 is 1.17 bits per heavy atom. The van der Waals surface area contributed by atoms with E-state index in [0.29, 0.717) is 12.3 Å². The van der Waals surface area contributed by atoms with Gasteiger partial charge in [-0.25, -0.2) is 0 Å². The summed E-state index contributed by atoms with van der Waals surface area (Å²) in [6.45, 7) is 0. The smallest absolute Gasteiger partial charge is 0.226 e. The first-order valence-corrected chi connectivity index (χ1v) is 8.25. The minimum Gasteiger partial charge on any atom is -0.361 e. The lowest BCUT2D eigenvalue weighted by Gasteiger charge is -2.29. The van der Waals surface area contributed by atoms with Crippen LogP contribution in [0.4, 0.5) is 5.82 Å². The zero-order chi connectivity index (χ0) is 15.4. The molecule has 3 aromatic rings. The molecule has 23 heavy (non-hydrogen) atoms. The number of nitrogens with zero attached hydrogens (tertiary/aromatic N) is 1. The molecule has 3 heterocycles. The van der Waals surface area contributed by atoms with Crippen molar-refractivity contribution in [3.8, 4) is 0 Å². The molecule has 2 aliphatic rings. The van der Waals surface area contributed by atoms with E-state index in [1.165, 1.54) is 41.5 Å². The Morgan fingerprint density at radius 2 is 2.09 bits per heavy atom. The molecule has 1 atom stereocenters. The Labute approximate surface area is 133 Å². The van der Waals surface area contributed by atoms with Crippen molar-refractivity contribution in [2.75, 3.05) is 5.32 Å². The van der Waals surface area contributed by atoms with Crippen LogP contribution in [-0.2, 0) is 4.79 Å². The Hall–Kier alpha value is -2.56. The minimum absolute atomic E-state index is 0.0432. The number of anilines is 1. The van der Waals surface area contributed by atoms with Gasteiger partial charge in [0.05, 0.1) is 0 Å². The number of benzene rings is 1. The van der Waals surface area contributed by atoms with Crippen molar-refractivity contribution in [1.29, 1.82) is 0 Å². The summed E-state index contributed by atoms with van der Waals surface area (Å²) < 4.78 is 0. The monoisotopic (exact) mass is 306 g/mol.